The van der Waals surface area contributed by atoms with Gasteiger partial charge >= 0.3 is 0 Å². The molecule has 3 N–H and O–H groups in total. The summed E-state index contributed by atoms with van der Waals surface area (Å²) in [5.74, 6) is 0. The van der Waals surface area contributed by atoms with Gasteiger partial charge in [-0.1, -0.05) is 13.3 Å². The molecule has 0 atom stereocenters. The second-order valence-corrected chi connectivity index (χ2v) is 6.46. The second-order valence-electron chi connectivity index (χ2n) is 4.63. The Balaban J connectivity index is 2.27. The summed E-state index contributed by atoms with van der Waals surface area (Å²) in [7, 11) is -3.47. The van der Waals surface area contributed by atoms with Crippen LogP contribution >= 0.6 is 0 Å². The van der Waals surface area contributed by atoms with E-state index in [-0.39, 0.29) is 17.6 Å². The van der Waals surface area contributed by atoms with Crippen LogP contribution in [0.1, 0.15) is 38.2 Å². The summed E-state index contributed by atoms with van der Waals surface area (Å²) < 4.78 is 26.7. The van der Waals surface area contributed by atoms with E-state index in [1.54, 1.807) is 4.31 Å². The third kappa shape index (κ3) is 2.57. The van der Waals surface area contributed by atoms with E-state index in [1.807, 2.05) is 0 Å². The van der Waals surface area contributed by atoms with Crippen LogP contribution in [0.3, 0.4) is 0 Å². The van der Waals surface area contributed by atoms with Gasteiger partial charge in [-0.3, -0.25) is 5.10 Å². The van der Waals surface area contributed by atoms with Crippen molar-refractivity contribution in [3.05, 3.63) is 11.8 Å². The number of nitrogens with two attached hydrogens (primary N) is 1. The quantitative estimate of drug-likeness (QED) is 0.768. The molecule has 2 rings (SSSR count). The number of hydrogen-bond acceptors (Lipinski definition) is 4. The molecule has 1 saturated carbocycles. The first-order valence-corrected chi connectivity index (χ1v) is 7.79. The fourth-order valence-corrected chi connectivity index (χ4v) is 3.80. The summed E-state index contributed by atoms with van der Waals surface area (Å²) in [5.41, 5.74) is 6.09. The Labute approximate surface area is 108 Å². The van der Waals surface area contributed by atoms with E-state index in [4.69, 9.17) is 5.73 Å². The lowest BCUT2D eigenvalue weighted by molar-refractivity contribution is 0.393. The van der Waals surface area contributed by atoms with Gasteiger partial charge in [0.05, 0.1) is 6.20 Å². The second kappa shape index (κ2) is 5.38. The van der Waals surface area contributed by atoms with Crippen molar-refractivity contribution in [2.75, 3.05) is 6.54 Å². The van der Waals surface area contributed by atoms with Crippen molar-refractivity contribution in [1.82, 2.24) is 14.5 Å². The Bertz CT molecular complexity index is 493. The first-order valence-electron chi connectivity index (χ1n) is 6.35. The molecular formula is C11H20N4O2S. The number of unbranched alkanes of at least 4 members (excludes halogenated alkanes) is 1. The molecule has 6 nitrogen and oxygen atoms in total. The molecule has 0 spiro atoms. The Morgan fingerprint density at radius 3 is 2.83 bits per heavy atom. The summed E-state index contributed by atoms with van der Waals surface area (Å²) in [6.07, 6.45) is 5.25. The first kappa shape index (κ1) is 13.5. The maximum absolute atomic E-state index is 12.6. The van der Waals surface area contributed by atoms with Crippen molar-refractivity contribution >= 4 is 10.0 Å². The van der Waals surface area contributed by atoms with E-state index in [0.717, 1.165) is 25.7 Å². The molecule has 7 heteroatoms. The maximum Gasteiger partial charge on any atom is 0.260 e. The van der Waals surface area contributed by atoms with Gasteiger partial charge in [0.1, 0.15) is 0 Å². The van der Waals surface area contributed by atoms with Crippen LogP contribution in [0.25, 0.3) is 0 Å². The van der Waals surface area contributed by atoms with Gasteiger partial charge in [0.25, 0.3) is 10.0 Å². The first-order chi connectivity index (χ1) is 8.61. The van der Waals surface area contributed by atoms with E-state index < -0.39 is 10.0 Å². The summed E-state index contributed by atoms with van der Waals surface area (Å²) in [6.45, 7) is 2.81. The Morgan fingerprint density at radius 2 is 2.28 bits per heavy atom. The molecule has 0 aromatic carbocycles. The highest BCUT2D eigenvalue weighted by molar-refractivity contribution is 7.89. The van der Waals surface area contributed by atoms with Crippen molar-refractivity contribution in [2.24, 2.45) is 5.73 Å². The number of hydrogen-bond donors (Lipinski definition) is 2. The normalized spacial score (nSPS) is 16.4. The largest absolute Gasteiger partial charge is 0.326 e. The smallest absolute Gasteiger partial charge is 0.260 e. The number of sulfonamides is 1. The standard InChI is InChI=1S/C11H20N4O2S/c1-2-3-6-15(10-4-5-10)18(16,17)11-9(7-12)8-13-14-11/h8,10H,2-7,12H2,1H3,(H,13,14). The van der Waals surface area contributed by atoms with Crippen LogP contribution < -0.4 is 5.73 Å². The van der Waals surface area contributed by atoms with Crippen LogP contribution in [-0.4, -0.2) is 35.5 Å². The number of aromatic nitrogens is 2. The van der Waals surface area contributed by atoms with Gasteiger partial charge in [-0.25, -0.2) is 8.42 Å². The predicted molar refractivity (Wildman–Crippen MR) is 68.3 cm³/mol. The fourth-order valence-electron chi connectivity index (χ4n) is 1.96. The molecule has 1 aromatic rings. The number of aromatic amines is 1. The molecule has 1 aliphatic rings. The lowest BCUT2D eigenvalue weighted by Crippen LogP contribution is -2.35. The molecule has 0 saturated heterocycles. The number of nitrogens with one attached hydrogen (secondary N) is 1. The highest BCUT2D eigenvalue weighted by atomic mass is 32.2. The van der Waals surface area contributed by atoms with Gasteiger partial charge in [-0.15, -0.1) is 0 Å². The predicted octanol–water partition coefficient (Wildman–Crippen LogP) is 0.822. The van der Waals surface area contributed by atoms with E-state index in [0.29, 0.717) is 12.1 Å². The van der Waals surface area contributed by atoms with Gasteiger partial charge in [-0.05, 0) is 19.3 Å². The van der Waals surface area contributed by atoms with Crippen LogP contribution in [-0.2, 0) is 16.6 Å². The molecule has 1 aliphatic carbocycles. The van der Waals surface area contributed by atoms with Gasteiger partial charge in [0.15, 0.2) is 5.03 Å². The number of rotatable bonds is 7. The molecule has 18 heavy (non-hydrogen) atoms. The molecule has 0 radical (unpaired) electrons. The van der Waals surface area contributed by atoms with E-state index in [1.165, 1.54) is 6.20 Å². The molecule has 1 fully saturated rings. The topological polar surface area (TPSA) is 92.1 Å². The van der Waals surface area contributed by atoms with Gasteiger partial charge < -0.3 is 5.73 Å². The van der Waals surface area contributed by atoms with E-state index in [2.05, 4.69) is 17.1 Å². The third-order valence-corrected chi connectivity index (χ3v) is 5.12. The van der Waals surface area contributed by atoms with E-state index in [9.17, 15) is 8.42 Å². The van der Waals surface area contributed by atoms with Crippen molar-refractivity contribution in [2.45, 2.75) is 50.2 Å². The zero-order valence-electron chi connectivity index (χ0n) is 10.6. The summed E-state index contributed by atoms with van der Waals surface area (Å²) in [4.78, 5) is 0. The van der Waals surface area contributed by atoms with Crippen LogP contribution in [0, 0.1) is 0 Å². The molecule has 0 unspecified atom stereocenters. The summed E-state index contributed by atoms with van der Waals surface area (Å²) in [5, 5.41) is 6.53. The van der Waals surface area contributed by atoms with Gasteiger partial charge in [0, 0.05) is 24.7 Å². The maximum atomic E-state index is 12.6. The Kier molecular flexibility index (Phi) is 4.04. The van der Waals surface area contributed by atoms with E-state index >= 15 is 0 Å². The average Bonchev–Trinajstić information content (AvgIpc) is 3.05. The highest BCUT2D eigenvalue weighted by Gasteiger charge is 2.39. The average molecular weight is 272 g/mol. The fraction of sp³-hybridized carbons (Fsp3) is 0.727. The van der Waals surface area contributed by atoms with Crippen LogP contribution in [0.15, 0.2) is 11.2 Å². The molecule has 0 aliphatic heterocycles. The summed E-state index contributed by atoms with van der Waals surface area (Å²) >= 11 is 0. The minimum absolute atomic E-state index is 0.160. The Hall–Kier alpha value is -0.920. The lowest BCUT2D eigenvalue weighted by atomic mass is 10.3. The molecule has 102 valence electrons. The van der Waals surface area contributed by atoms with Gasteiger partial charge in [-0.2, -0.15) is 9.40 Å². The van der Waals surface area contributed by atoms with Crippen LogP contribution in [0.2, 0.25) is 0 Å². The molecule has 1 heterocycles. The summed E-state index contributed by atoms with van der Waals surface area (Å²) in [6, 6.07) is 0.162. The lowest BCUT2D eigenvalue weighted by Gasteiger charge is -2.21. The van der Waals surface area contributed by atoms with Crippen molar-refractivity contribution in [3.63, 3.8) is 0 Å². The zero-order chi connectivity index (χ0) is 13.2. The minimum Gasteiger partial charge on any atom is -0.326 e. The molecule has 0 bridgehead atoms. The van der Waals surface area contributed by atoms with Crippen molar-refractivity contribution < 1.29 is 8.42 Å². The number of nitrogens with zero attached hydrogens (tertiary/aromatic N) is 2. The minimum atomic E-state index is -3.47. The highest BCUT2D eigenvalue weighted by Crippen LogP contribution is 2.32. The SMILES string of the molecule is CCCCN(C1CC1)S(=O)(=O)c1[nH]ncc1CN. The number of H-pyrrole nitrogens is 1. The zero-order valence-corrected chi connectivity index (χ0v) is 11.4. The monoisotopic (exact) mass is 272 g/mol. The van der Waals surface area contributed by atoms with Crippen LogP contribution in [0.4, 0.5) is 0 Å². The van der Waals surface area contributed by atoms with Crippen molar-refractivity contribution in [3.8, 4) is 0 Å². The Morgan fingerprint density at radius 1 is 1.56 bits per heavy atom. The van der Waals surface area contributed by atoms with Gasteiger partial charge in [0.2, 0.25) is 0 Å². The van der Waals surface area contributed by atoms with Crippen LogP contribution in [0.5, 0.6) is 0 Å². The molecule has 0 amide bonds. The van der Waals surface area contributed by atoms with Crippen molar-refractivity contribution in [1.29, 1.82) is 0 Å². The third-order valence-electron chi connectivity index (χ3n) is 3.15. The molecular weight excluding hydrogens is 252 g/mol. The molecule has 1 aromatic heterocycles.